The minimum atomic E-state index is 0. The van der Waals surface area contributed by atoms with Crippen LogP contribution in [-0.4, -0.2) is 97.8 Å². The van der Waals surface area contributed by atoms with Crippen LogP contribution in [-0.2, 0) is 26.2 Å². The fourth-order valence-corrected chi connectivity index (χ4v) is 9.68. The maximum atomic E-state index is 6.10. The first-order valence-electron chi connectivity index (χ1n) is 22.2. The fourth-order valence-electron chi connectivity index (χ4n) is 9.68. The fraction of sp³-hybridized carbons (Fsp3) is 0.294. The van der Waals surface area contributed by atoms with Gasteiger partial charge in [-0.05, 0) is 86.5 Å². The first kappa shape index (κ1) is 49.3. The van der Waals surface area contributed by atoms with Crippen molar-refractivity contribution in [2.24, 2.45) is 0 Å². The summed E-state index contributed by atoms with van der Waals surface area (Å²) in [6, 6.07) is 34.4. The molecule has 0 saturated carbocycles. The molecule has 4 aliphatic heterocycles. The van der Waals surface area contributed by atoms with Crippen molar-refractivity contribution in [1.29, 1.82) is 0 Å². The molecule has 0 unspecified atom stereocenters. The van der Waals surface area contributed by atoms with Crippen molar-refractivity contribution < 1.29 is 9.47 Å². The van der Waals surface area contributed by atoms with Crippen molar-refractivity contribution in [3.05, 3.63) is 156 Å². The number of pyridine rings is 2. The van der Waals surface area contributed by atoms with Gasteiger partial charge < -0.3 is 19.3 Å². The maximum absolute atomic E-state index is 6.10. The second kappa shape index (κ2) is 21.6. The van der Waals surface area contributed by atoms with Gasteiger partial charge in [0.1, 0.15) is 24.7 Å². The Kier molecular flexibility index (Phi) is 15.9. The number of nitrogens with zero attached hydrogens (tertiary/aromatic N) is 10. The van der Waals surface area contributed by atoms with Crippen molar-refractivity contribution in [2.75, 3.05) is 68.7 Å². The van der Waals surface area contributed by atoms with Gasteiger partial charge in [0.15, 0.2) is 11.6 Å². The van der Waals surface area contributed by atoms with Gasteiger partial charge in [-0.3, -0.25) is 28.9 Å². The number of hydrogen-bond acceptors (Lipinski definition) is 10. The molecule has 16 heteroatoms. The van der Waals surface area contributed by atoms with Crippen LogP contribution in [0.3, 0.4) is 0 Å². The van der Waals surface area contributed by atoms with Crippen LogP contribution in [0, 0.1) is 13.8 Å². The zero-order chi connectivity index (χ0) is 42.3. The lowest BCUT2D eigenvalue weighted by Gasteiger charge is -2.37. The summed E-state index contributed by atoms with van der Waals surface area (Å²) in [7, 11) is 0. The van der Waals surface area contributed by atoms with Crippen LogP contribution in [0.25, 0.3) is 33.2 Å². The highest BCUT2D eigenvalue weighted by Crippen LogP contribution is 2.36. The predicted octanol–water partition coefficient (Wildman–Crippen LogP) is 9.62. The molecular formula is C51H56Cl4N10O2. The second-order valence-corrected chi connectivity index (χ2v) is 17.0. The normalized spacial score (nSPS) is 15.1. The van der Waals surface area contributed by atoms with Crippen molar-refractivity contribution in [1.82, 2.24) is 38.9 Å². The summed E-state index contributed by atoms with van der Waals surface area (Å²) in [5, 5.41) is 2.49. The van der Waals surface area contributed by atoms with Crippen LogP contribution >= 0.6 is 49.6 Å². The van der Waals surface area contributed by atoms with Gasteiger partial charge in [0.2, 0.25) is 0 Å². The maximum Gasteiger partial charge on any atom is 0.151 e. The highest BCUT2D eigenvalue weighted by Gasteiger charge is 2.25. The van der Waals surface area contributed by atoms with E-state index in [-0.39, 0.29) is 49.6 Å². The Labute approximate surface area is 416 Å². The molecule has 0 N–H and O–H groups in total. The second-order valence-electron chi connectivity index (χ2n) is 17.0. The molecule has 0 spiro atoms. The van der Waals surface area contributed by atoms with Gasteiger partial charge in [0, 0.05) is 129 Å². The van der Waals surface area contributed by atoms with Gasteiger partial charge in [-0.15, -0.1) is 49.6 Å². The molecule has 0 atom stereocenters. The molecule has 8 heterocycles. The first-order chi connectivity index (χ1) is 31.0. The minimum absolute atomic E-state index is 0. The minimum Gasteiger partial charge on any atom is -0.483 e. The van der Waals surface area contributed by atoms with Crippen LogP contribution in [0.2, 0.25) is 0 Å². The lowest BCUT2D eigenvalue weighted by Crippen LogP contribution is -2.47. The molecule has 0 amide bonds. The van der Waals surface area contributed by atoms with E-state index in [0.717, 1.165) is 129 Å². The highest BCUT2D eigenvalue weighted by molar-refractivity contribution is 5.93. The average Bonchev–Trinajstić information content (AvgIpc) is 4.02. The molecule has 12 nitrogen and oxygen atoms in total. The molecule has 350 valence electrons. The van der Waals surface area contributed by atoms with Crippen LogP contribution in [0.15, 0.2) is 122 Å². The Morgan fingerprint density at radius 1 is 0.478 bits per heavy atom. The third kappa shape index (κ3) is 10.0. The zero-order valence-corrected chi connectivity index (χ0v) is 40.9. The summed E-state index contributed by atoms with van der Waals surface area (Å²) in [5.41, 5.74) is 11.6. The smallest absolute Gasteiger partial charge is 0.151 e. The summed E-state index contributed by atoms with van der Waals surface area (Å²) in [4.78, 5) is 28.2. The first-order valence-corrected chi connectivity index (χ1v) is 22.2. The van der Waals surface area contributed by atoms with Gasteiger partial charge in [-0.1, -0.05) is 36.4 Å². The number of hydrogen-bond donors (Lipinski definition) is 0. The van der Waals surface area contributed by atoms with Crippen molar-refractivity contribution in [3.63, 3.8) is 0 Å². The number of benzene rings is 4. The number of aryl methyl sites for hydroxylation is 2. The number of para-hydroxylation sites is 2. The molecule has 0 bridgehead atoms. The van der Waals surface area contributed by atoms with Crippen LogP contribution in [0.5, 0.6) is 11.5 Å². The summed E-state index contributed by atoms with van der Waals surface area (Å²) < 4.78 is 16.5. The number of piperazine rings is 2. The summed E-state index contributed by atoms with van der Waals surface area (Å²) in [5.74, 6) is 3.92. The molecule has 4 aromatic carbocycles. The SMILES string of the molecule is Cc1ccc2c(N3CCN(CCc4cccc5c4OCc4nccn4-5)CC3)cccc2n1.Cc1ccc2c(N3CCN(Cc4cccc5c4OCc4nccn4-5)CC3)cccc2n1.Cl.Cl.Cl.Cl. The van der Waals surface area contributed by atoms with Gasteiger partial charge >= 0.3 is 0 Å². The van der Waals surface area contributed by atoms with E-state index in [4.69, 9.17) is 19.4 Å². The van der Waals surface area contributed by atoms with E-state index in [2.05, 4.69) is 136 Å². The number of halogens is 4. The van der Waals surface area contributed by atoms with Crippen LogP contribution in [0.4, 0.5) is 11.4 Å². The Morgan fingerprint density at radius 3 is 1.45 bits per heavy atom. The molecule has 67 heavy (non-hydrogen) atoms. The number of fused-ring (bicyclic) bond motifs is 8. The highest BCUT2D eigenvalue weighted by atomic mass is 35.5. The van der Waals surface area contributed by atoms with Crippen LogP contribution in [0.1, 0.15) is 34.2 Å². The van der Waals surface area contributed by atoms with E-state index in [1.54, 1.807) is 0 Å². The molecule has 4 aromatic heterocycles. The number of aromatic nitrogens is 6. The third-order valence-electron chi connectivity index (χ3n) is 13.0. The van der Waals surface area contributed by atoms with E-state index >= 15 is 0 Å². The number of rotatable bonds is 7. The molecule has 0 aliphatic carbocycles. The molecule has 0 radical (unpaired) electrons. The van der Waals surface area contributed by atoms with Gasteiger partial charge in [-0.25, -0.2) is 9.97 Å². The van der Waals surface area contributed by atoms with Gasteiger partial charge in [-0.2, -0.15) is 0 Å². The Hall–Kier alpha value is -5.60. The monoisotopic (exact) mass is 980 g/mol. The summed E-state index contributed by atoms with van der Waals surface area (Å²) in [6.07, 6.45) is 8.70. The van der Waals surface area contributed by atoms with E-state index in [1.165, 1.54) is 33.3 Å². The Morgan fingerprint density at radius 2 is 0.925 bits per heavy atom. The van der Waals surface area contributed by atoms with Gasteiger partial charge in [0.05, 0.1) is 22.4 Å². The standard InChI is InChI=1S/C26H27N5O.C25H25N5O.4ClH/c1-19-8-9-21-22(28-19)5-3-6-23(21)30-16-14-29(15-17-30)12-10-20-4-2-7-24-26(20)32-18-25-27-11-13-31(24)25;1-18-8-9-20-21(27-18)5-3-6-22(20)29-14-12-28(13-15-29)16-19-4-2-7-23-25(19)31-17-24-26-10-11-30(23)24;;;;/h2-9,11,13H,10,12,14-18H2,1H3;2-11H,12-17H2,1H3;4*1H. The third-order valence-corrected chi connectivity index (χ3v) is 13.0. The molecule has 2 fully saturated rings. The van der Waals surface area contributed by atoms with E-state index in [1.807, 2.05) is 38.6 Å². The van der Waals surface area contributed by atoms with Crippen molar-refractivity contribution >= 4 is 82.8 Å². The summed E-state index contributed by atoms with van der Waals surface area (Å²) in [6.45, 7) is 15.4. The largest absolute Gasteiger partial charge is 0.483 e. The lowest BCUT2D eigenvalue weighted by atomic mass is 10.1. The zero-order valence-electron chi connectivity index (χ0n) is 37.7. The van der Waals surface area contributed by atoms with Crippen molar-refractivity contribution in [3.8, 4) is 22.9 Å². The Bertz CT molecular complexity index is 2950. The number of ether oxygens (including phenoxy) is 2. The molecule has 4 aliphatic rings. The van der Waals surface area contributed by atoms with Crippen molar-refractivity contribution in [2.45, 2.75) is 40.0 Å². The number of imidazole rings is 2. The molecule has 8 aromatic rings. The van der Waals surface area contributed by atoms with E-state index < -0.39 is 0 Å². The topological polar surface area (TPSA) is 92.8 Å². The molecular weight excluding hydrogens is 926 g/mol. The van der Waals surface area contributed by atoms with Gasteiger partial charge in [0.25, 0.3) is 0 Å². The molecule has 12 rings (SSSR count). The van der Waals surface area contributed by atoms with Crippen LogP contribution < -0.4 is 19.3 Å². The van der Waals surface area contributed by atoms with E-state index in [0.29, 0.717) is 13.2 Å². The predicted molar refractivity (Wildman–Crippen MR) is 278 cm³/mol. The Balaban J connectivity index is 0.000000188. The summed E-state index contributed by atoms with van der Waals surface area (Å²) >= 11 is 0. The quantitative estimate of drug-likeness (QED) is 0.154. The number of anilines is 2. The average molecular weight is 983 g/mol. The molecule has 2 saturated heterocycles. The van der Waals surface area contributed by atoms with E-state index in [9.17, 15) is 0 Å². The lowest BCUT2D eigenvalue weighted by molar-refractivity contribution is 0.235.